The Labute approximate surface area is 192 Å². The topological polar surface area (TPSA) is 137 Å². The molecule has 2 aromatic heterocycles. The molecule has 2 heterocycles. The van der Waals surface area contributed by atoms with E-state index in [2.05, 4.69) is 42.1 Å². The molecule has 0 bridgehead atoms. The first-order valence-electron chi connectivity index (χ1n) is 9.86. The number of aromatic nitrogens is 5. The summed E-state index contributed by atoms with van der Waals surface area (Å²) in [6, 6.07) is 9.22. The van der Waals surface area contributed by atoms with Gasteiger partial charge in [-0.1, -0.05) is 29.4 Å². The van der Waals surface area contributed by atoms with E-state index in [0.717, 1.165) is 5.69 Å². The molecule has 0 aliphatic heterocycles. The number of para-hydroxylation sites is 1. The van der Waals surface area contributed by atoms with Crippen LogP contribution in [0.15, 0.2) is 57.7 Å². The van der Waals surface area contributed by atoms with E-state index >= 15 is 0 Å². The molecule has 3 N–H and O–H groups in total. The summed E-state index contributed by atoms with van der Waals surface area (Å²) in [6.45, 7) is 5.07. The van der Waals surface area contributed by atoms with Crippen LogP contribution in [0.2, 0.25) is 0 Å². The lowest BCUT2D eigenvalue weighted by atomic mass is 10.2. The zero-order valence-electron chi connectivity index (χ0n) is 18.2. The van der Waals surface area contributed by atoms with Crippen molar-refractivity contribution in [3.05, 3.63) is 54.1 Å². The highest BCUT2D eigenvalue weighted by Gasteiger charge is 2.29. The Kier molecular flexibility index (Phi) is 7.68. The van der Waals surface area contributed by atoms with Crippen molar-refractivity contribution < 1.29 is 22.4 Å². The molecular formula is C21H21F3N8O2. The quantitative estimate of drug-likeness (QED) is 0.345. The fourth-order valence-corrected chi connectivity index (χ4v) is 2.58. The number of anilines is 3. The first-order valence-corrected chi connectivity index (χ1v) is 9.86. The van der Waals surface area contributed by atoms with Crippen LogP contribution in [-0.4, -0.2) is 50.7 Å². The van der Waals surface area contributed by atoms with Crippen LogP contribution in [0.4, 0.5) is 30.8 Å². The van der Waals surface area contributed by atoms with Gasteiger partial charge in [0.25, 0.3) is 5.89 Å². The maximum Gasteiger partial charge on any atom is 0.411 e. The van der Waals surface area contributed by atoms with Gasteiger partial charge in [0, 0.05) is 11.3 Å². The molecule has 0 saturated carbocycles. The van der Waals surface area contributed by atoms with E-state index in [1.54, 1.807) is 13.0 Å². The van der Waals surface area contributed by atoms with Crippen molar-refractivity contribution in [1.82, 2.24) is 25.1 Å². The lowest BCUT2D eigenvalue weighted by Gasteiger charge is -2.14. The van der Waals surface area contributed by atoms with Crippen LogP contribution in [0.25, 0.3) is 17.2 Å². The fourth-order valence-electron chi connectivity index (χ4n) is 2.58. The van der Waals surface area contributed by atoms with E-state index in [0.29, 0.717) is 5.57 Å². The second-order valence-electron chi connectivity index (χ2n) is 6.92. The number of rotatable bonds is 9. The highest BCUT2D eigenvalue weighted by molar-refractivity contribution is 5.61. The van der Waals surface area contributed by atoms with Gasteiger partial charge in [0.05, 0.1) is 11.8 Å². The fraction of sp³-hybridized carbons (Fsp3) is 0.238. The van der Waals surface area contributed by atoms with Gasteiger partial charge in [0.2, 0.25) is 23.5 Å². The molecule has 0 spiro atoms. The van der Waals surface area contributed by atoms with Gasteiger partial charge in [-0.15, -0.1) is 0 Å². The van der Waals surface area contributed by atoms with Gasteiger partial charge >= 0.3 is 6.18 Å². The zero-order valence-corrected chi connectivity index (χ0v) is 18.2. The highest BCUT2D eigenvalue weighted by atomic mass is 19.4. The Morgan fingerprint density at radius 1 is 1.18 bits per heavy atom. The molecule has 0 amide bonds. The second kappa shape index (κ2) is 10.7. The van der Waals surface area contributed by atoms with Crippen molar-refractivity contribution in [3.63, 3.8) is 0 Å². The van der Waals surface area contributed by atoms with E-state index in [1.165, 1.54) is 13.0 Å². The van der Waals surface area contributed by atoms with Crippen LogP contribution in [0, 0.1) is 0 Å². The molecule has 3 aromatic rings. The molecule has 0 aliphatic carbocycles. The summed E-state index contributed by atoms with van der Waals surface area (Å²) in [5, 5.41) is 6.87. The number of hydrogen-bond donors (Lipinski definition) is 2. The summed E-state index contributed by atoms with van der Waals surface area (Å²) in [5.41, 5.74) is 7.24. The molecule has 178 valence electrons. The number of nitrogens with one attached hydrogen (secondary N) is 1. The number of nitrogens with two attached hydrogens (primary N) is 1. The maximum absolute atomic E-state index is 12.4. The molecule has 10 nitrogen and oxygen atoms in total. The zero-order chi connectivity index (χ0) is 24.7. The van der Waals surface area contributed by atoms with Gasteiger partial charge in [-0.05, 0) is 38.8 Å². The van der Waals surface area contributed by atoms with Crippen LogP contribution < -0.4 is 11.1 Å². The first-order chi connectivity index (χ1) is 16.1. The summed E-state index contributed by atoms with van der Waals surface area (Å²) in [6.07, 6.45) is -2.37. The van der Waals surface area contributed by atoms with Crippen LogP contribution in [-0.2, 0) is 4.74 Å². The number of hydrogen-bond acceptors (Lipinski definition) is 10. The SMILES string of the molecule is C=NC(=CC=C(C)c1nc(-c2nc(N)nc(Nc3ccccc3)n2)no1)C(C)OCC(F)(F)F. The maximum atomic E-state index is 12.4. The van der Waals surface area contributed by atoms with Crippen LogP contribution in [0.3, 0.4) is 0 Å². The van der Waals surface area contributed by atoms with Crippen molar-refractivity contribution >= 4 is 29.9 Å². The predicted octanol–water partition coefficient (Wildman–Crippen LogP) is 4.20. The number of halogens is 3. The number of nitrogens with zero attached hydrogens (tertiary/aromatic N) is 6. The van der Waals surface area contributed by atoms with E-state index in [9.17, 15) is 13.2 Å². The second-order valence-corrected chi connectivity index (χ2v) is 6.92. The largest absolute Gasteiger partial charge is 0.411 e. The molecule has 34 heavy (non-hydrogen) atoms. The lowest BCUT2D eigenvalue weighted by molar-refractivity contribution is -0.180. The average Bonchev–Trinajstić information content (AvgIpc) is 3.28. The molecule has 13 heteroatoms. The Morgan fingerprint density at radius 3 is 2.59 bits per heavy atom. The number of allylic oxidation sites excluding steroid dienone is 3. The molecule has 1 aromatic carbocycles. The Morgan fingerprint density at radius 2 is 1.91 bits per heavy atom. The van der Waals surface area contributed by atoms with Crippen molar-refractivity contribution in [2.75, 3.05) is 17.7 Å². The highest BCUT2D eigenvalue weighted by Crippen LogP contribution is 2.21. The average molecular weight is 474 g/mol. The number of nitrogen functional groups attached to an aromatic ring is 1. The van der Waals surface area contributed by atoms with Gasteiger partial charge < -0.3 is 20.3 Å². The van der Waals surface area contributed by atoms with Crippen LogP contribution in [0.5, 0.6) is 0 Å². The third-order valence-corrected chi connectivity index (χ3v) is 4.25. The first kappa shape index (κ1) is 24.5. The number of aliphatic imine (C=N–C) groups is 1. The summed E-state index contributed by atoms with van der Waals surface area (Å²) in [4.78, 5) is 20.3. The van der Waals surface area contributed by atoms with E-state index in [4.69, 9.17) is 15.0 Å². The van der Waals surface area contributed by atoms with Gasteiger partial charge in [-0.3, -0.25) is 4.99 Å². The molecule has 1 atom stereocenters. The van der Waals surface area contributed by atoms with Gasteiger partial charge in [0.1, 0.15) is 6.61 Å². The summed E-state index contributed by atoms with van der Waals surface area (Å²) in [7, 11) is 0. The molecule has 1 unspecified atom stereocenters. The van der Waals surface area contributed by atoms with Crippen LogP contribution >= 0.6 is 0 Å². The normalized spacial score (nSPS) is 13.6. The predicted molar refractivity (Wildman–Crippen MR) is 120 cm³/mol. The number of alkyl halides is 3. The van der Waals surface area contributed by atoms with Gasteiger partial charge in [0.15, 0.2) is 0 Å². The summed E-state index contributed by atoms with van der Waals surface area (Å²) >= 11 is 0. The van der Waals surface area contributed by atoms with Crippen molar-refractivity contribution in [2.45, 2.75) is 26.1 Å². The minimum Gasteiger partial charge on any atom is -0.368 e. The summed E-state index contributed by atoms with van der Waals surface area (Å²) in [5.74, 6) is 0.451. The van der Waals surface area contributed by atoms with Gasteiger partial charge in [-0.25, -0.2) is 0 Å². The number of ether oxygens (including phenoxy) is 1. The van der Waals surface area contributed by atoms with Crippen LogP contribution in [0.1, 0.15) is 19.7 Å². The molecule has 0 aliphatic rings. The molecule has 0 fully saturated rings. The minimum atomic E-state index is -4.44. The smallest absolute Gasteiger partial charge is 0.368 e. The van der Waals surface area contributed by atoms with Crippen molar-refractivity contribution in [3.8, 4) is 11.6 Å². The Bertz CT molecular complexity index is 1190. The number of benzene rings is 1. The van der Waals surface area contributed by atoms with Gasteiger partial charge in [-0.2, -0.15) is 33.1 Å². The Balaban J connectivity index is 1.77. The minimum absolute atomic E-state index is 0.0421. The van der Waals surface area contributed by atoms with Crippen molar-refractivity contribution in [2.24, 2.45) is 4.99 Å². The Hall–Kier alpha value is -4.13. The molecule has 0 radical (unpaired) electrons. The van der Waals surface area contributed by atoms with E-state index in [1.807, 2.05) is 30.3 Å². The van der Waals surface area contributed by atoms with E-state index in [-0.39, 0.29) is 35.1 Å². The third kappa shape index (κ3) is 6.93. The molecule has 3 rings (SSSR count). The monoisotopic (exact) mass is 474 g/mol. The standard InChI is InChI=1S/C21H21F3N8O2/c1-12(9-10-15(26-3)13(2)33-11-21(22,23)24)18-28-17(32-34-18)16-29-19(25)31-20(30-16)27-14-7-5-4-6-8-14/h4-10,13H,3,11H2,1-2H3,(H3,25,27,29,30,31). The lowest BCUT2D eigenvalue weighted by Crippen LogP contribution is -2.22. The summed E-state index contributed by atoms with van der Waals surface area (Å²) < 4.78 is 47.1. The van der Waals surface area contributed by atoms with E-state index < -0.39 is 18.9 Å². The molecule has 0 saturated heterocycles. The molecular weight excluding hydrogens is 453 g/mol. The third-order valence-electron chi connectivity index (χ3n) is 4.25. The van der Waals surface area contributed by atoms with Crippen molar-refractivity contribution in [1.29, 1.82) is 0 Å².